The Morgan fingerprint density at radius 1 is 1.41 bits per heavy atom. The van der Waals surface area contributed by atoms with Gasteiger partial charge in [0.05, 0.1) is 5.41 Å². The van der Waals surface area contributed by atoms with Gasteiger partial charge in [-0.05, 0) is 48.9 Å². The Bertz CT molecular complexity index is 545. The second-order valence-corrected chi connectivity index (χ2v) is 5.66. The first-order chi connectivity index (χ1) is 7.99. The lowest BCUT2D eigenvalue weighted by Crippen LogP contribution is -2.31. The van der Waals surface area contributed by atoms with Crippen molar-refractivity contribution in [2.24, 2.45) is 5.41 Å². The van der Waals surface area contributed by atoms with E-state index in [1.54, 1.807) is 25.2 Å². The molecule has 0 saturated heterocycles. The van der Waals surface area contributed by atoms with Crippen molar-refractivity contribution in [2.75, 3.05) is 11.9 Å². The molecule has 2 aromatic rings. The van der Waals surface area contributed by atoms with E-state index in [0.29, 0.717) is 6.54 Å². The molecule has 0 bridgehead atoms. The molecule has 0 aliphatic carbocycles. The van der Waals surface area contributed by atoms with Gasteiger partial charge in [0.25, 0.3) is 0 Å². The minimum atomic E-state index is -0.790. The van der Waals surface area contributed by atoms with Crippen molar-refractivity contribution in [1.29, 1.82) is 0 Å². The van der Waals surface area contributed by atoms with Crippen LogP contribution in [0, 0.1) is 5.41 Å². The zero-order chi connectivity index (χ0) is 12.5. The summed E-state index contributed by atoms with van der Waals surface area (Å²) < 4.78 is 1.24. The molecule has 0 atom stereocenters. The summed E-state index contributed by atoms with van der Waals surface area (Å²) in [6, 6.07) is 8.14. The predicted molar refractivity (Wildman–Crippen MR) is 71.7 cm³/mol. The van der Waals surface area contributed by atoms with Gasteiger partial charge in [0.15, 0.2) is 0 Å². The van der Waals surface area contributed by atoms with Crippen LogP contribution in [-0.2, 0) is 4.79 Å². The van der Waals surface area contributed by atoms with E-state index in [9.17, 15) is 4.79 Å². The van der Waals surface area contributed by atoms with E-state index in [0.717, 1.165) is 5.69 Å². The van der Waals surface area contributed by atoms with Crippen molar-refractivity contribution < 1.29 is 9.90 Å². The number of carbonyl (C=O) groups is 1. The Morgan fingerprint density at radius 2 is 2.18 bits per heavy atom. The van der Waals surface area contributed by atoms with Gasteiger partial charge in [-0.3, -0.25) is 4.79 Å². The molecular formula is C13H15NO2S. The van der Waals surface area contributed by atoms with Crippen LogP contribution in [0.5, 0.6) is 0 Å². The van der Waals surface area contributed by atoms with Gasteiger partial charge < -0.3 is 10.4 Å². The van der Waals surface area contributed by atoms with Gasteiger partial charge in [-0.15, -0.1) is 11.3 Å². The summed E-state index contributed by atoms with van der Waals surface area (Å²) in [6.45, 7) is 3.84. The first-order valence-corrected chi connectivity index (χ1v) is 6.31. The molecule has 1 aromatic heterocycles. The van der Waals surface area contributed by atoms with E-state index in [-0.39, 0.29) is 0 Å². The van der Waals surface area contributed by atoms with Gasteiger partial charge in [0.2, 0.25) is 0 Å². The van der Waals surface area contributed by atoms with Crippen molar-refractivity contribution in [3.8, 4) is 0 Å². The van der Waals surface area contributed by atoms with E-state index in [4.69, 9.17) is 5.11 Å². The lowest BCUT2D eigenvalue weighted by molar-refractivity contribution is -0.146. The average Bonchev–Trinajstić information content (AvgIpc) is 2.73. The molecule has 0 radical (unpaired) electrons. The van der Waals surface area contributed by atoms with Crippen LogP contribution in [0.2, 0.25) is 0 Å². The molecule has 1 heterocycles. The quantitative estimate of drug-likeness (QED) is 0.872. The van der Waals surface area contributed by atoms with Crippen LogP contribution in [0.15, 0.2) is 29.6 Å². The molecule has 1 aromatic carbocycles. The lowest BCUT2D eigenvalue weighted by atomic mass is 9.94. The Hall–Kier alpha value is -1.55. The molecule has 0 spiro atoms. The SMILES string of the molecule is CC(C)(CNc1ccc2sccc2c1)C(=O)O. The molecule has 4 heteroatoms. The smallest absolute Gasteiger partial charge is 0.310 e. The predicted octanol–water partition coefficient (Wildman–Crippen LogP) is 3.42. The normalized spacial score (nSPS) is 11.6. The second kappa shape index (κ2) is 4.37. The minimum Gasteiger partial charge on any atom is -0.481 e. The summed E-state index contributed by atoms with van der Waals surface area (Å²) in [7, 11) is 0. The zero-order valence-electron chi connectivity index (χ0n) is 9.86. The summed E-state index contributed by atoms with van der Waals surface area (Å²) in [5.74, 6) is -0.790. The number of thiophene rings is 1. The highest BCUT2D eigenvalue weighted by molar-refractivity contribution is 7.17. The van der Waals surface area contributed by atoms with Crippen LogP contribution >= 0.6 is 11.3 Å². The molecule has 0 aliphatic rings. The van der Waals surface area contributed by atoms with E-state index in [2.05, 4.69) is 22.8 Å². The summed E-state index contributed by atoms with van der Waals surface area (Å²) in [5.41, 5.74) is 0.203. The van der Waals surface area contributed by atoms with Crippen LogP contribution < -0.4 is 5.32 Å². The van der Waals surface area contributed by atoms with E-state index in [1.807, 2.05) is 12.1 Å². The first-order valence-electron chi connectivity index (χ1n) is 5.43. The number of aliphatic carboxylic acids is 1. The number of carboxylic acids is 1. The van der Waals surface area contributed by atoms with E-state index < -0.39 is 11.4 Å². The third-order valence-corrected chi connectivity index (χ3v) is 3.66. The van der Waals surface area contributed by atoms with E-state index in [1.165, 1.54) is 10.1 Å². The van der Waals surface area contributed by atoms with Gasteiger partial charge in [-0.25, -0.2) is 0 Å². The van der Waals surface area contributed by atoms with Crippen molar-refractivity contribution in [3.63, 3.8) is 0 Å². The lowest BCUT2D eigenvalue weighted by Gasteiger charge is -2.20. The molecule has 0 fully saturated rings. The van der Waals surface area contributed by atoms with Gasteiger partial charge in [0.1, 0.15) is 0 Å². The van der Waals surface area contributed by atoms with Crippen molar-refractivity contribution in [1.82, 2.24) is 0 Å². The van der Waals surface area contributed by atoms with Crippen molar-refractivity contribution in [2.45, 2.75) is 13.8 Å². The number of benzene rings is 1. The van der Waals surface area contributed by atoms with Crippen molar-refractivity contribution >= 4 is 33.1 Å². The zero-order valence-corrected chi connectivity index (χ0v) is 10.7. The maximum Gasteiger partial charge on any atom is 0.310 e. The molecule has 17 heavy (non-hydrogen) atoms. The summed E-state index contributed by atoms with van der Waals surface area (Å²) in [4.78, 5) is 11.0. The van der Waals surface area contributed by atoms with Crippen LogP contribution in [0.1, 0.15) is 13.8 Å². The first kappa shape index (κ1) is 11.9. The molecule has 3 nitrogen and oxygen atoms in total. The van der Waals surface area contributed by atoms with Gasteiger partial charge in [-0.2, -0.15) is 0 Å². The van der Waals surface area contributed by atoms with Gasteiger partial charge in [-0.1, -0.05) is 0 Å². The van der Waals surface area contributed by atoms with Crippen LogP contribution in [0.3, 0.4) is 0 Å². The van der Waals surface area contributed by atoms with E-state index >= 15 is 0 Å². The molecule has 90 valence electrons. The van der Waals surface area contributed by atoms with Crippen LogP contribution in [0.25, 0.3) is 10.1 Å². The Balaban J connectivity index is 2.11. The topological polar surface area (TPSA) is 49.3 Å². The van der Waals surface area contributed by atoms with Crippen LogP contribution in [0.4, 0.5) is 5.69 Å². The number of hydrogen-bond donors (Lipinski definition) is 2. The minimum absolute atomic E-state index is 0.415. The number of hydrogen-bond acceptors (Lipinski definition) is 3. The summed E-state index contributed by atoms with van der Waals surface area (Å²) in [5, 5.41) is 15.4. The molecular weight excluding hydrogens is 234 g/mol. The maximum absolute atomic E-state index is 11.0. The number of anilines is 1. The largest absolute Gasteiger partial charge is 0.481 e. The molecule has 0 aliphatic heterocycles. The fourth-order valence-electron chi connectivity index (χ4n) is 1.48. The monoisotopic (exact) mass is 249 g/mol. The average molecular weight is 249 g/mol. The molecule has 0 saturated carbocycles. The van der Waals surface area contributed by atoms with Crippen molar-refractivity contribution in [3.05, 3.63) is 29.6 Å². The standard InChI is InChI=1S/C13H15NO2S/c1-13(2,12(15)16)8-14-10-3-4-11-9(7-10)5-6-17-11/h3-7,14H,8H2,1-2H3,(H,15,16). The fraction of sp³-hybridized carbons (Fsp3) is 0.308. The summed E-state index contributed by atoms with van der Waals surface area (Å²) in [6.07, 6.45) is 0. The fourth-order valence-corrected chi connectivity index (χ4v) is 2.25. The highest BCUT2D eigenvalue weighted by atomic mass is 32.1. The number of carboxylic acid groups (broad SMARTS) is 1. The summed E-state index contributed by atoms with van der Waals surface area (Å²) >= 11 is 1.70. The molecule has 0 amide bonds. The molecule has 2 rings (SSSR count). The molecule has 2 N–H and O–H groups in total. The second-order valence-electron chi connectivity index (χ2n) is 4.72. The highest BCUT2D eigenvalue weighted by Crippen LogP contribution is 2.25. The maximum atomic E-state index is 11.0. The number of rotatable bonds is 4. The highest BCUT2D eigenvalue weighted by Gasteiger charge is 2.26. The molecule has 0 unspecified atom stereocenters. The Labute approximate surface area is 104 Å². The Morgan fingerprint density at radius 3 is 2.88 bits per heavy atom. The van der Waals surface area contributed by atoms with Gasteiger partial charge in [0, 0.05) is 16.9 Å². The third kappa shape index (κ3) is 2.58. The number of fused-ring (bicyclic) bond motifs is 1. The van der Waals surface area contributed by atoms with Gasteiger partial charge >= 0.3 is 5.97 Å². The Kier molecular flexibility index (Phi) is 3.07. The third-order valence-electron chi connectivity index (χ3n) is 2.77. The van der Waals surface area contributed by atoms with Crippen LogP contribution in [-0.4, -0.2) is 17.6 Å². The number of nitrogens with one attached hydrogen (secondary N) is 1.